The van der Waals surface area contributed by atoms with Crippen molar-refractivity contribution in [1.82, 2.24) is 0 Å². The molecule has 4 heteroatoms. The molecule has 72 valence electrons. The van der Waals surface area contributed by atoms with Gasteiger partial charge in [-0.3, -0.25) is 0 Å². The van der Waals surface area contributed by atoms with Gasteiger partial charge >= 0.3 is 10.0 Å². The second-order valence-corrected chi connectivity index (χ2v) is 3.93. The van der Waals surface area contributed by atoms with Crippen LogP contribution in [0.1, 0.15) is 33.6 Å². The van der Waals surface area contributed by atoms with Gasteiger partial charge in [-0.1, -0.05) is 0 Å². The minimum Gasteiger partial charge on any atom is -0.393 e. The third-order valence-corrected chi connectivity index (χ3v) is 2.55. The maximum atomic E-state index is 5.52. The molecule has 12 heavy (non-hydrogen) atoms. The van der Waals surface area contributed by atoms with Crippen LogP contribution >= 0.6 is 0 Å². The summed E-state index contributed by atoms with van der Waals surface area (Å²) in [5.41, 5.74) is 5.32. The van der Waals surface area contributed by atoms with Crippen molar-refractivity contribution >= 4 is 10.0 Å². The summed E-state index contributed by atoms with van der Waals surface area (Å²) >= 11 is 0. The fourth-order valence-electron chi connectivity index (χ4n) is 0.780. The zero-order valence-corrected chi connectivity index (χ0v) is 9.22. The minimum atomic E-state index is -0.0903. The summed E-state index contributed by atoms with van der Waals surface area (Å²) in [4.78, 5) is 0. The molecule has 0 rings (SSSR count). The molecule has 0 heterocycles. The van der Waals surface area contributed by atoms with E-state index in [2.05, 4.69) is 13.8 Å². The Morgan fingerprint density at radius 1 is 1.42 bits per heavy atom. The van der Waals surface area contributed by atoms with E-state index in [1.54, 1.807) is 0 Å². The Hall–Kier alpha value is 0.0969. The molecule has 0 unspecified atom stereocenters. The van der Waals surface area contributed by atoms with E-state index in [1.165, 1.54) is 0 Å². The first-order chi connectivity index (χ1) is 5.62. The van der Waals surface area contributed by atoms with Crippen molar-refractivity contribution < 1.29 is 8.85 Å². The van der Waals surface area contributed by atoms with Gasteiger partial charge in [0, 0.05) is 6.61 Å². The van der Waals surface area contributed by atoms with Gasteiger partial charge in [0.1, 0.15) is 0 Å². The van der Waals surface area contributed by atoms with Gasteiger partial charge in [-0.2, -0.15) is 0 Å². The molecule has 2 N–H and O–H groups in total. The number of rotatable bonds is 7. The monoisotopic (exact) mass is 189 g/mol. The first kappa shape index (κ1) is 12.1. The Bertz CT molecular complexity index is 109. The molecule has 0 aromatic carbocycles. The molecule has 0 atom stereocenters. The third-order valence-electron chi connectivity index (χ3n) is 1.50. The average Bonchev–Trinajstić information content (AvgIpc) is 2.01. The van der Waals surface area contributed by atoms with E-state index in [9.17, 15) is 0 Å². The Morgan fingerprint density at radius 3 is 2.58 bits per heavy atom. The molecule has 0 saturated carbocycles. The van der Waals surface area contributed by atoms with E-state index >= 15 is 0 Å². The van der Waals surface area contributed by atoms with E-state index < -0.39 is 0 Å². The predicted octanol–water partition coefficient (Wildman–Crippen LogP) is 1.09. The molecule has 0 amide bonds. The molecule has 0 aromatic heterocycles. The molecule has 0 aromatic rings. The van der Waals surface area contributed by atoms with E-state index in [1.807, 2.05) is 6.92 Å². The van der Waals surface area contributed by atoms with E-state index in [4.69, 9.17) is 14.6 Å². The standard InChI is InChI=1S/C8H19NO2Si/c1-4-10-12-11-8(2,3)6-5-7-9/h4-7,9H2,1-3H3. The first-order valence-corrected chi connectivity index (χ1v) is 5.19. The molecule has 0 aliphatic carbocycles. The van der Waals surface area contributed by atoms with Crippen LogP contribution < -0.4 is 5.73 Å². The van der Waals surface area contributed by atoms with Crippen molar-refractivity contribution in [3.63, 3.8) is 0 Å². The molecule has 0 bridgehead atoms. The quantitative estimate of drug-likeness (QED) is 0.481. The summed E-state index contributed by atoms with van der Waals surface area (Å²) in [7, 11) is 0.154. The maximum absolute atomic E-state index is 5.52. The lowest BCUT2D eigenvalue weighted by Crippen LogP contribution is -2.28. The van der Waals surface area contributed by atoms with Crippen LogP contribution in [0.15, 0.2) is 0 Å². The summed E-state index contributed by atoms with van der Waals surface area (Å²) in [6.07, 6.45) is 1.99. The van der Waals surface area contributed by atoms with E-state index in [0.29, 0.717) is 6.61 Å². The highest BCUT2D eigenvalue weighted by Gasteiger charge is 2.17. The van der Waals surface area contributed by atoms with Crippen LogP contribution in [0.2, 0.25) is 0 Å². The molecular weight excluding hydrogens is 170 g/mol. The van der Waals surface area contributed by atoms with Gasteiger partial charge in [-0.15, -0.1) is 0 Å². The molecule has 0 spiro atoms. The number of nitrogens with two attached hydrogens (primary N) is 1. The lowest BCUT2D eigenvalue weighted by atomic mass is 10.0. The van der Waals surface area contributed by atoms with Gasteiger partial charge in [0.25, 0.3) is 0 Å². The van der Waals surface area contributed by atoms with Gasteiger partial charge in [-0.05, 0) is 40.2 Å². The Labute approximate surface area is 77.7 Å². The van der Waals surface area contributed by atoms with Crippen molar-refractivity contribution in [2.24, 2.45) is 5.73 Å². The van der Waals surface area contributed by atoms with Crippen LogP contribution in [-0.4, -0.2) is 28.8 Å². The van der Waals surface area contributed by atoms with Gasteiger partial charge in [0.2, 0.25) is 0 Å². The molecule has 3 nitrogen and oxygen atoms in total. The minimum absolute atomic E-state index is 0.0903. The Balaban J connectivity index is 3.42. The second kappa shape index (κ2) is 6.60. The predicted molar refractivity (Wildman–Crippen MR) is 50.8 cm³/mol. The van der Waals surface area contributed by atoms with Gasteiger partial charge in [-0.25, -0.2) is 0 Å². The van der Waals surface area contributed by atoms with Crippen LogP contribution in [0.4, 0.5) is 0 Å². The summed E-state index contributed by atoms with van der Waals surface area (Å²) in [5.74, 6) is 0. The lowest BCUT2D eigenvalue weighted by molar-refractivity contribution is 0.0733. The average molecular weight is 189 g/mol. The van der Waals surface area contributed by atoms with Gasteiger partial charge in [0.15, 0.2) is 0 Å². The summed E-state index contributed by atoms with van der Waals surface area (Å²) in [6.45, 7) is 7.53. The summed E-state index contributed by atoms with van der Waals surface area (Å²) in [5, 5.41) is 0. The van der Waals surface area contributed by atoms with Crippen LogP contribution in [0.5, 0.6) is 0 Å². The second-order valence-electron chi connectivity index (χ2n) is 3.27. The molecule has 0 fully saturated rings. The summed E-state index contributed by atoms with van der Waals surface area (Å²) < 4.78 is 10.6. The highest BCUT2D eigenvalue weighted by Crippen LogP contribution is 2.15. The van der Waals surface area contributed by atoms with Crippen molar-refractivity contribution in [3.05, 3.63) is 0 Å². The SMILES string of the molecule is CCO[Si]OC(C)(C)CCCN. The highest BCUT2D eigenvalue weighted by molar-refractivity contribution is 6.18. The third kappa shape index (κ3) is 6.79. The lowest BCUT2D eigenvalue weighted by Gasteiger charge is -2.24. The topological polar surface area (TPSA) is 44.5 Å². The fraction of sp³-hybridized carbons (Fsp3) is 1.00. The van der Waals surface area contributed by atoms with Gasteiger partial charge < -0.3 is 14.6 Å². The first-order valence-electron chi connectivity index (χ1n) is 4.37. The molecule has 0 aliphatic rings. The zero-order chi connectivity index (χ0) is 9.45. The van der Waals surface area contributed by atoms with Crippen LogP contribution in [0, 0.1) is 0 Å². The van der Waals surface area contributed by atoms with E-state index in [-0.39, 0.29) is 15.6 Å². The smallest absolute Gasteiger partial charge is 0.393 e. The Morgan fingerprint density at radius 2 is 2.08 bits per heavy atom. The van der Waals surface area contributed by atoms with Crippen molar-refractivity contribution in [1.29, 1.82) is 0 Å². The maximum Gasteiger partial charge on any atom is 0.433 e. The fourth-order valence-corrected chi connectivity index (χ4v) is 1.28. The molecule has 0 aliphatic heterocycles. The van der Waals surface area contributed by atoms with Crippen molar-refractivity contribution in [2.45, 2.75) is 39.2 Å². The Kier molecular flexibility index (Phi) is 6.65. The van der Waals surface area contributed by atoms with Gasteiger partial charge in [0.05, 0.1) is 5.60 Å². The molecule has 0 saturated heterocycles. The molecule has 2 radical (unpaired) electrons. The molecular formula is C8H19NO2Si. The largest absolute Gasteiger partial charge is 0.433 e. The van der Waals surface area contributed by atoms with Crippen LogP contribution in [0.3, 0.4) is 0 Å². The normalized spacial score (nSPS) is 12.0. The van der Waals surface area contributed by atoms with Crippen LogP contribution in [-0.2, 0) is 8.85 Å². The zero-order valence-electron chi connectivity index (χ0n) is 8.22. The van der Waals surface area contributed by atoms with Crippen molar-refractivity contribution in [3.8, 4) is 0 Å². The van der Waals surface area contributed by atoms with E-state index in [0.717, 1.165) is 19.4 Å². The number of hydrogen-bond acceptors (Lipinski definition) is 3. The highest BCUT2D eigenvalue weighted by atomic mass is 28.3. The summed E-state index contributed by atoms with van der Waals surface area (Å²) in [6, 6.07) is 0. The van der Waals surface area contributed by atoms with Crippen LogP contribution in [0.25, 0.3) is 0 Å². The van der Waals surface area contributed by atoms with Crippen molar-refractivity contribution in [2.75, 3.05) is 13.2 Å². The number of hydrogen-bond donors (Lipinski definition) is 1.